The van der Waals surface area contributed by atoms with Crippen LogP contribution in [0.5, 0.6) is 0 Å². The van der Waals surface area contributed by atoms with Crippen molar-refractivity contribution >= 4 is 33.2 Å². The van der Waals surface area contributed by atoms with E-state index in [9.17, 15) is 0 Å². The zero-order valence-electron chi connectivity index (χ0n) is 8.64. The SMILES string of the molecule is Clc1nc(-c2ccc(Br)cc2)cc2nccn12. The molecule has 0 amide bonds. The summed E-state index contributed by atoms with van der Waals surface area (Å²) in [6, 6.07) is 9.83. The van der Waals surface area contributed by atoms with E-state index >= 15 is 0 Å². The minimum absolute atomic E-state index is 0.415. The molecule has 17 heavy (non-hydrogen) atoms. The van der Waals surface area contributed by atoms with Gasteiger partial charge in [-0.2, -0.15) is 0 Å². The highest BCUT2D eigenvalue weighted by molar-refractivity contribution is 9.10. The Kier molecular flexibility index (Phi) is 2.61. The molecule has 0 atom stereocenters. The largest absolute Gasteiger partial charge is 0.274 e. The Morgan fingerprint density at radius 2 is 1.94 bits per heavy atom. The Bertz CT molecular complexity index is 676. The molecule has 5 heteroatoms. The average Bonchev–Trinajstić information content (AvgIpc) is 2.78. The second-order valence-corrected chi connectivity index (χ2v) is 4.83. The number of hydrogen-bond acceptors (Lipinski definition) is 2. The van der Waals surface area contributed by atoms with Gasteiger partial charge in [-0.05, 0) is 23.7 Å². The van der Waals surface area contributed by atoms with Gasteiger partial charge in [0.15, 0.2) is 0 Å². The van der Waals surface area contributed by atoms with Gasteiger partial charge in [0.25, 0.3) is 0 Å². The zero-order chi connectivity index (χ0) is 11.8. The van der Waals surface area contributed by atoms with Crippen molar-refractivity contribution in [2.75, 3.05) is 0 Å². The Morgan fingerprint density at radius 1 is 1.18 bits per heavy atom. The summed E-state index contributed by atoms with van der Waals surface area (Å²) < 4.78 is 2.78. The van der Waals surface area contributed by atoms with E-state index in [2.05, 4.69) is 25.9 Å². The van der Waals surface area contributed by atoms with Gasteiger partial charge in [-0.3, -0.25) is 4.40 Å². The van der Waals surface area contributed by atoms with Crippen molar-refractivity contribution in [1.29, 1.82) is 0 Å². The molecular weight excluding hydrogens is 302 g/mol. The number of nitrogens with zero attached hydrogens (tertiary/aromatic N) is 3. The van der Waals surface area contributed by atoms with Crippen LogP contribution in [-0.4, -0.2) is 14.4 Å². The molecule has 0 aliphatic rings. The number of aromatic nitrogens is 3. The van der Waals surface area contributed by atoms with E-state index in [4.69, 9.17) is 11.6 Å². The van der Waals surface area contributed by atoms with Gasteiger partial charge in [0.05, 0.1) is 5.69 Å². The fraction of sp³-hybridized carbons (Fsp3) is 0. The molecule has 2 heterocycles. The number of halogens is 2. The lowest BCUT2D eigenvalue weighted by molar-refractivity contribution is 1.09. The Morgan fingerprint density at radius 3 is 2.71 bits per heavy atom. The molecule has 0 bridgehead atoms. The monoisotopic (exact) mass is 307 g/mol. The molecule has 3 rings (SSSR count). The van der Waals surface area contributed by atoms with E-state index in [1.807, 2.05) is 30.3 Å². The lowest BCUT2D eigenvalue weighted by Gasteiger charge is -2.03. The summed E-state index contributed by atoms with van der Waals surface area (Å²) in [5, 5.41) is 0.415. The first-order chi connectivity index (χ1) is 8.24. The van der Waals surface area contributed by atoms with E-state index in [0.717, 1.165) is 21.4 Å². The van der Waals surface area contributed by atoms with Crippen LogP contribution < -0.4 is 0 Å². The summed E-state index contributed by atoms with van der Waals surface area (Å²) >= 11 is 9.49. The van der Waals surface area contributed by atoms with Crippen LogP contribution in [0.4, 0.5) is 0 Å². The molecule has 0 spiro atoms. The first-order valence-electron chi connectivity index (χ1n) is 4.99. The number of rotatable bonds is 1. The van der Waals surface area contributed by atoms with Crippen molar-refractivity contribution in [2.45, 2.75) is 0 Å². The highest BCUT2D eigenvalue weighted by atomic mass is 79.9. The van der Waals surface area contributed by atoms with Crippen LogP contribution in [0, 0.1) is 0 Å². The normalized spacial score (nSPS) is 10.9. The maximum absolute atomic E-state index is 6.09. The highest BCUT2D eigenvalue weighted by Crippen LogP contribution is 2.23. The van der Waals surface area contributed by atoms with Crippen LogP contribution in [0.25, 0.3) is 16.9 Å². The summed E-state index contributed by atoms with van der Waals surface area (Å²) in [7, 11) is 0. The zero-order valence-corrected chi connectivity index (χ0v) is 11.0. The predicted octanol–water partition coefficient (Wildman–Crippen LogP) is 3.81. The van der Waals surface area contributed by atoms with E-state index in [1.165, 1.54) is 0 Å². The Labute approximate surface area is 111 Å². The fourth-order valence-corrected chi connectivity index (χ4v) is 2.15. The molecule has 84 valence electrons. The highest BCUT2D eigenvalue weighted by Gasteiger charge is 2.06. The van der Waals surface area contributed by atoms with Gasteiger partial charge in [0, 0.05) is 28.5 Å². The molecule has 0 radical (unpaired) electrons. The Balaban J connectivity index is 2.20. The first-order valence-corrected chi connectivity index (χ1v) is 6.17. The summed E-state index contributed by atoms with van der Waals surface area (Å²) in [5.74, 6) is 0. The molecule has 3 aromatic rings. The molecule has 0 aliphatic heterocycles. The molecule has 0 aliphatic carbocycles. The lowest BCUT2D eigenvalue weighted by Crippen LogP contribution is -1.92. The number of hydrogen-bond donors (Lipinski definition) is 0. The minimum Gasteiger partial charge on any atom is -0.274 e. The van der Waals surface area contributed by atoms with Crippen molar-refractivity contribution in [3.8, 4) is 11.3 Å². The number of benzene rings is 1. The molecule has 0 fully saturated rings. The van der Waals surface area contributed by atoms with Crippen molar-refractivity contribution in [1.82, 2.24) is 14.4 Å². The molecule has 2 aromatic heterocycles. The molecule has 0 saturated heterocycles. The topological polar surface area (TPSA) is 30.2 Å². The maximum atomic E-state index is 6.09. The molecular formula is C12H7BrClN3. The van der Waals surface area contributed by atoms with Crippen LogP contribution in [-0.2, 0) is 0 Å². The quantitative estimate of drug-likeness (QED) is 0.640. The number of fused-ring (bicyclic) bond motifs is 1. The second kappa shape index (κ2) is 4.13. The van der Waals surface area contributed by atoms with Gasteiger partial charge in [-0.1, -0.05) is 28.1 Å². The standard InChI is InChI=1S/C12H7BrClN3/c13-9-3-1-8(2-4-9)10-7-11-15-5-6-17(11)12(14)16-10/h1-7H. The van der Waals surface area contributed by atoms with E-state index < -0.39 is 0 Å². The van der Waals surface area contributed by atoms with Gasteiger partial charge in [0.1, 0.15) is 5.65 Å². The molecule has 1 aromatic carbocycles. The van der Waals surface area contributed by atoms with Crippen LogP contribution in [0.2, 0.25) is 5.28 Å². The summed E-state index contributed by atoms with van der Waals surface area (Å²) in [6.45, 7) is 0. The van der Waals surface area contributed by atoms with Gasteiger partial charge < -0.3 is 0 Å². The van der Waals surface area contributed by atoms with Crippen molar-refractivity contribution in [3.05, 3.63) is 52.5 Å². The van der Waals surface area contributed by atoms with Gasteiger partial charge in [-0.25, -0.2) is 9.97 Å². The lowest BCUT2D eigenvalue weighted by atomic mass is 10.1. The first kappa shape index (κ1) is 10.7. The Hall–Kier alpha value is -1.39. The van der Waals surface area contributed by atoms with E-state index in [-0.39, 0.29) is 0 Å². The van der Waals surface area contributed by atoms with Crippen LogP contribution >= 0.6 is 27.5 Å². The predicted molar refractivity (Wildman–Crippen MR) is 71.1 cm³/mol. The average molecular weight is 309 g/mol. The van der Waals surface area contributed by atoms with Gasteiger partial charge >= 0.3 is 0 Å². The molecule has 0 saturated carbocycles. The number of imidazole rings is 1. The molecule has 3 nitrogen and oxygen atoms in total. The van der Waals surface area contributed by atoms with Crippen molar-refractivity contribution in [3.63, 3.8) is 0 Å². The molecule has 0 unspecified atom stereocenters. The second-order valence-electron chi connectivity index (χ2n) is 3.57. The summed E-state index contributed by atoms with van der Waals surface area (Å²) in [4.78, 5) is 8.56. The van der Waals surface area contributed by atoms with E-state index in [1.54, 1.807) is 16.8 Å². The van der Waals surface area contributed by atoms with Crippen LogP contribution in [0.3, 0.4) is 0 Å². The van der Waals surface area contributed by atoms with Crippen LogP contribution in [0.15, 0.2) is 47.2 Å². The van der Waals surface area contributed by atoms with Crippen molar-refractivity contribution < 1.29 is 0 Å². The summed E-state index contributed by atoms with van der Waals surface area (Å²) in [5.41, 5.74) is 2.63. The van der Waals surface area contributed by atoms with Crippen molar-refractivity contribution in [2.24, 2.45) is 0 Å². The van der Waals surface area contributed by atoms with E-state index in [0.29, 0.717) is 5.28 Å². The third-order valence-corrected chi connectivity index (χ3v) is 3.28. The maximum Gasteiger partial charge on any atom is 0.209 e. The minimum atomic E-state index is 0.415. The third-order valence-electron chi connectivity index (χ3n) is 2.49. The molecule has 0 N–H and O–H groups in total. The van der Waals surface area contributed by atoms with Gasteiger partial charge in [0.2, 0.25) is 5.28 Å². The van der Waals surface area contributed by atoms with Crippen LogP contribution in [0.1, 0.15) is 0 Å². The fourth-order valence-electron chi connectivity index (χ4n) is 1.65. The van der Waals surface area contributed by atoms with Gasteiger partial charge in [-0.15, -0.1) is 0 Å². The third kappa shape index (κ3) is 1.94. The smallest absolute Gasteiger partial charge is 0.209 e. The summed E-state index contributed by atoms with van der Waals surface area (Å²) in [6.07, 6.45) is 3.49.